The van der Waals surface area contributed by atoms with Gasteiger partial charge in [0, 0.05) is 0 Å². The summed E-state index contributed by atoms with van der Waals surface area (Å²) in [5.74, 6) is -0.970. The number of aryl methyl sites for hydroxylation is 1. The van der Waals surface area contributed by atoms with Gasteiger partial charge in [-0.25, -0.2) is 4.79 Å². The van der Waals surface area contributed by atoms with Crippen molar-refractivity contribution in [2.24, 2.45) is 0 Å². The van der Waals surface area contributed by atoms with Crippen molar-refractivity contribution in [3.63, 3.8) is 0 Å². The molecule has 1 rings (SSSR count). The monoisotopic (exact) mass is 277 g/mol. The summed E-state index contributed by atoms with van der Waals surface area (Å²) in [5.41, 5.74) is 1.11. The largest absolute Gasteiger partial charge is 0.484 e. The first-order chi connectivity index (χ1) is 9.56. The number of nitrogens with one attached hydrogen (secondary N) is 1. The van der Waals surface area contributed by atoms with Gasteiger partial charge in [-0.15, -0.1) is 6.58 Å². The van der Waals surface area contributed by atoms with Crippen LogP contribution in [-0.2, 0) is 16.0 Å². The minimum atomic E-state index is -1.09. The van der Waals surface area contributed by atoms with Crippen molar-refractivity contribution in [3.8, 4) is 5.75 Å². The van der Waals surface area contributed by atoms with Crippen LogP contribution >= 0.6 is 0 Å². The predicted octanol–water partition coefficient (Wildman–Crippen LogP) is 1.77. The number of carboxylic acids is 1. The third-order valence-electron chi connectivity index (χ3n) is 2.71. The standard InChI is InChI=1S/C15H19NO4/c1-3-6-13(15(18)19)16-14(17)10-20-12-8-5-7-11(4-2)9-12/h3,5,7-9,13H,1,4,6,10H2,2H3,(H,16,17)(H,18,19). The van der Waals surface area contributed by atoms with Gasteiger partial charge in [0.15, 0.2) is 6.61 Å². The molecule has 0 aliphatic rings. The van der Waals surface area contributed by atoms with Gasteiger partial charge in [-0.2, -0.15) is 0 Å². The summed E-state index contributed by atoms with van der Waals surface area (Å²) >= 11 is 0. The van der Waals surface area contributed by atoms with E-state index in [1.165, 1.54) is 6.08 Å². The lowest BCUT2D eigenvalue weighted by Crippen LogP contribution is -2.42. The van der Waals surface area contributed by atoms with Crippen LogP contribution in [0, 0.1) is 0 Å². The molecule has 1 unspecified atom stereocenters. The Morgan fingerprint density at radius 2 is 2.25 bits per heavy atom. The first-order valence-electron chi connectivity index (χ1n) is 6.41. The predicted molar refractivity (Wildman–Crippen MR) is 75.7 cm³/mol. The van der Waals surface area contributed by atoms with Gasteiger partial charge in [-0.05, 0) is 30.5 Å². The SMILES string of the molecule is C=CCC(NC(=O)COc1cccc(CC)c1)C(=O)O. The number of carboxylic acid groups (broad SMARTS) is 1. The maximum absolute atomic E-state index is 11.6. The highest BCUT2D eigenvalue weighted by molar-refractivity contribution is 5.84. The van der Waals surface area contributed by atoms with E-state index in [4.69, 9.17) is 9.84 Å². The van der Waals surface area contributed by atoms with Crippen LogP contribution in [0.1, 0.15) is 18.9 Å². The fraction of sp³-hybridized carbons (Fsp3) is 0.333. The lowest BCUT2D eigenvalue weighted by molar-refractivity contribution is -0.142. The van der Waals surface area contributed by atoms with Crippen molar-refractivity contribution in [3.05, 3.63) is 42.5 Å². The third-order valence-corrected chi connectivity index (χ3v) is 2.71. The number of hydrogen-bond donors (Lipinski definition) is 2. The van der Waals surface area contributed by atoms with Gasteiger partial charge in [0.2, 0.25) is 0 Å². The van der Waals surface area contributed by atoms with Crippen LogP contribution < -0.4 is 10.1 Å². The molecule has 2 N–H and O–H groups in total. The van der Waals surface area contributed by atoms with E-state index < -0.39 is 17.9 Å². The second kappa shape index (κ2) is 7.99. The van der Waals surface area contributed by atoms with Crippen molar-refractivity contribution in [2.75, 3.05) is 6.61 Å². The number of benzene rings is 1. The molecule has 108 valence electrons. The number of amides is 1. The molecule has 0 bridgehead atoms. The van der Waals surface area contributed by atoms with Crippen LogP contribution in [0.15, 0.2) is 36.9 Å². The second-order valence-electron chi connectivity index (χ2n) is 4.27. The molecule has 5 nitrogen and oxygen atoms in total. The number of carbonyl (C=O) groups excluding carboxylic acids is 1. The van der Waals surface area contributed by atoms with Crippen molar-refractivity contribution >= 4 is 11.9 Å². The van der Waals surface area contributed by atoms with Crippen molar-refractivity contribution in [2.45, 2.75) is 25.8 Å². The smallest absolute Gasteiger partial charge is 0.326 e. The minimum Gasteiger partial charge on any atom is -0.484 e. The van der Waals surface area contributed by atoms with Crippen LogP contribution in [-0.4, -0.2) is 29.6 Å². The minimum absolute atomic E-state index is 0.173. The molecule has 1 atom stereocenters. The zero-order valence-corrected chi connectivity index (χ0v) is 11.5. The topological polar surface area (TPSA) is 75.6 Å². The van der Waals surface area contributed by atoms with Gasteiger partial charge < -0.3 is 15.2 Å². The highest BCUT2D eigenvalue weighted by Crippen LogP contribution is 2.13. The number of carbonyl (C=O) groups is 2. The molecule has 0 fully saturated rings. The highest BCUT2D eigenvalue weighted by atomic mass is 16.5. The molecule has 1 aromatic rings. The second-order valence-corrected chi connectivity index (χ2v) is 4.27. The van der Waals surface area contributed by atoms with E-state index in [0.717, 1.165) is 12.0 Å². The molecule has 0 aromatic heterocycles. The van der Waals surface area contributed by atoms with E-state index in [-0.39, 0.29) is 13.0 Å². The summed E-state index contributed by atoms with van der Waals surface area (Å²) in [7, 11) is 0. The van der Waals surface area contributed by atoms with Gasteiger partial charge in [0.1, 0.15) is 11.8 Å². The van der Waals surface area contributed by atoms with E-state index >= 15 is 0 Å². The van der Waals surface area contributed by atoms with Gasteiger partial charge >= 0.3 is 5.97 Å². The Morgan fingerprint density at radius 3 is 2.85 bits per heavy atom. The van der Waals surface area contributed by atoms with E-state index in [1.54, 1.807) is 6.07 Å². The Hall–Kier alpha value is -2.30. The average Bonchev–Trinajstić information content (AvgIpc) is 2.44. The fourth-order valence-corrected chi connectivity index (χ4v) is 1.63. The van der Waals surface area contributed by atoms with Crippen molar-refractivity contribution < 1.29 is 19.4 Å². The number of hydrogen-bond acceptors (Lipinski definition) is 3. The number of aliphatic carboxylic acids is 1. The number of rotatable bonds is 8. The molecule has 0 radical (unpaired) electrons. The third kappa shape index (κ3) is 5.14. The van der Waals surface area contributed by atoms with Crippen LogP contribution in [0.5, 0.6) is 5.75 Å². The van der Waals surface area contributed by atoms with Gasteiger partial charge in [-0.1, -0.05) is 25.1 Å². The Kier molecular flexibility index (Phi) is 6.29. The van der Waals surface area contributed by atoms with Crippen LogP contribution in [0.2, 0.25) is 0 Å². The molecular weight excluding hydrogens is 258 g/mol. The summed E-state index contributed by atoms with van der Waals surface area (Å²) in [6.07, 6.45) is 2.50. The van der Waals surface area contributed by atoms with E-state index in [0.29, 0.717) is 5.75 Å². The normalized spacial score (nSPS) is 11.4. The lowest BCUT2D eigenvalue weighted by Gasteiger charge is -2.13. The molecular formula is C15H19NO4. The molecule has 0 aliphatic carbocycles. The van der Waals surface area contributed by atoms with Gasteiger partial charge in [0.25, 0.3) is 5.91 Å². The Balaban J connectivity index is 2.49. The Morgan fingerprint density at radius 1 is 1.50 bits per heavy atom. The Bertz CT molecular complexity index is 485. The maximum Gasteiger partial charge on any atom is 0.326 e. The lowest BCUT2D eigenvalue weighted by atomic mass is 10.2. The van der Waals surface area contributed by atoms with E-state index in [1.807, 2.05) is 25.1 Å². The zero-order valence-electron chi connectivity index (χ0n) is 11.5. The summed E-state index contributed by atoms with van der Waals surface area (Å²) in [6.45, 7) is 5.27. The average molecular weight is 277 g/mol. The first-order valence-corrected chi connectivity index (χ1v) is 6.41. The van der Waals surface area contributed by atoms with Crippen molar-refractivity contribution in [1.82, 2.24) is 5.32 Å². The molecule has 0 heterocycles. The summed E-state index contributed by atoms with van der Waals surface area (Å²) in [5, 5.41) is 11.3. The summed E-state index contributed by atoms with van der Waals surface area (Å²) in [4.78, 5) is 22.5. The quantitative estimate of drug-likeness (QED) is 0.710. The van der Waals surface area contributed by atoms with E-state index in [2.05, 4.69) is 11.9 Å². The molecule has 0 spiro atoms. The van der Waals surface area contributed by atoms with Gasteiger partial charge in [-0.3, -0.25) is 4.79 Å². The van der Waals surface area contributed by atoms with Crippen LogP contribution in [0.3, 0.4) is 0 Å². The highest BCUT2D eigenvalue weighted by Gasteiger charge is 2.18. The summed E-state index contributed by atoms with van der Waals surface area (Å²) < 4.78 is 5.34. The maximum atomic E-state index is 11.6. The molecule has 5 heteroatoms. The molecule has 0 saturated heterocycles. The van der Waals surface area contributed by atoms with Crippen molar-refractivity contribution in [1.29, 1.82) is 0 Å². The zero-order chi connectivity index (χ0) is 15.0. The molecule has 0 saturated carbocycles. The Labute approximate surface area is 118 Å². The first kappa shape index (κ1) is 15.8. The molecule has 1 aromatic carbocycles. The molecule has 1 amide bonds. The van der Waals surface area contributed by atoms with Crippen LogP contribution in [0.4, 0.5) is 0 Å². The van der Waals surface area contributed by atoms with Crippen LogP contribution in [0.25, 0.3) is 0 Å². The molecule has 20 heavy (non-hydrogen) atoms. The number of ether oxygens (including phenoxy) is 1. The van der Waals surface area contributed by atoms with E-state index in [9.17, 15) is 9.59 Å². The molecule has 0 aliphatic heterocycles. The van der Waals surface area contributed by atoms with Gasteiger partial charge in [0.05, 0.1) is 0 Å². The fourth-order valence-electron chi connectivity index (χ4n) is 1.63. The summed E-state index contributed by atoms with van der Waals surface area (Å²) in [6, 6.07) is 6.46.